The van der Waals surface area contributed by atoms with Gasteiger partial charge >= 0.3 is 0 Å². The Kier molecular flexibility index (Phi) is 9.76. The highest BCUT2D eigenvalue weighted by atomic mass is 16.2. The number of hydrogen-bond donors (Lipinski definition) is 4. The van der Waals surface area contributed by atoms with E-state index in [2.05, 4.69) is 38.4 Å². The molecule has 5 aromatic rings. The zero-order valence-electron chi connectivity index (χ0n) is 29.6. The average molecular weight is 736 g/mol. The van der Waals surface area contributed by atoms with Gasteiger partial charge in [-0.1, -0.05) is 48.0 Å². The molecule has 6 amide bonds. The number of hydrogen-bond acceptors (Lipinski definition) is 10. The van der Waals surface area contributed by atoms with Crippen molar-refractivity contribution in [1.29, 1.82) is 10.5 Å². The normalized spacial score (nSPS) is 15.0. The first-order valence-electron chi connectivity index (χ1n) is 17.6. The number of nitriles is 2. The third kappa shape index (κ3) is 6.71. The Bertz CT molecular complexity index is 2540. The molecule has 1 unspecified atom stereocenters. The van der Waals surface area contributed by atoms with E-state index < -0.39 is 47.9 Å². The number of unbranched alkanes of at least 4 members (excludes halogenated alkanes) is 1. The fourth-order valence-electron chi connectivity index (χ4n) is 6.98. The van der Waals surface area contributed by atoms with Gasteiger partial charge in [0.25, 0.3) is 11.8 Å². The average Bonchev–Trinajstić information content (AvgIpc) is 3.68. The van der Waals surface area contributed by atoms with Crippen LogP contribution in [0.3, 0.4) is 0 Å². The minimum atomic E-state index is -1.07. The van der Waals surface area contributed by atoms with E-state index in [1.165, 1.54) is 6.07 Å². The number of fused-ring (bicyclic) bond motifs is 4. The van der Waals surface area contributed by atoms with E-state index in [1.807, 2.05) is 19.1 Å². The number of nitrogens with one attached hydrogen (secondary N) is 4. The smallest absolute Gasteiger partial charge is 0.264 e. The second kappa shape index (κ2) is 14.9. The lowest BCUT2D eigenvalue weighted by Crippen LogP contribution is -2.54. The molecule has 2 aliphatic heterocycles. The number of aryl methyl sites for hydroxylation is 1. The monoisotopic (exact) mass is 735 g/mol. The molecular formula is C40H33N9O6. The number of nitrogens with zero attached hydrogens (tertiary/aromatic N) is 5. The van der Waals surface area contributed by atoms with Crippen LogP contribution in [0.25, 0.3) is 27.8 Å². The van der Waals surface area contributed by atoms with Crippen molar-refractivity contribution in [3.63, 3.8) is 0 Å². The van der Waals surface area contributed by atoms with E-state index in [4.69, 9.17) is 0 Å². The van der Waals surface area contributed by atoms with Crippen LogP contribution in [-0.4, -0.2) is 68.9 Å². The molecule has 1 saturated heterocycles. The minimum Gasteiger partial charge on any atom is -0.384 e. The number of para-hydroxylation sites is 2. The van der Waals surface area contributed by atoms with Crippen LogP contribution in [0.5, 0.6) is 0 Å². The highest BCUT2D eigenvalue weighted by Gasteiger charge is 2.45. The lowest BCUT2D eigenvalue weighted by Gasteiger charge is -2.27. The summed E-state index contributed by atoms with van der Waals surface area (Å²) in [6.07, 6.45) is 0.618. The highest BCUT2D eigenvalue weighted by Crippen LogP contribution is 2.37. The van der Waals surface area contributed by atoms with Gasteiger partial charge in [0.05, 0.1) is 22.2 Å². The second-order valence-corrected chi connectivity index (χ2v) is 13.2. The van der Waals surface area contributed by atoms with Gasteiger partial charge in [0, 0.05) is 30.8 Å². The topological polar surface area (TPSA) is 219 Å². The van der Waals surface area contributed by atoms with Gasteiger partial charge < -0.3 is 16.0 Å². The zero-order valence-corrected chi connectivity index (χ0v) is 29.6. The number of piperidine rings is 1. The van der Waals surface area contributed by atoms with Gasteiger partial charge in [0.15, 0.2) is 5.65 Å². The summed E-state index contributed by atoms with van der Waals surface area (Å²) >= 11 is 0. The van der Waals surface area contributed by atoms with Crippen molar-refractivity contribution in [2.75, 3.05) is 23.7 Å². The summed E-state index contributed by atoms with van der Waals surface area (Å²) in [5, 5.41) is 31.5. The molecule has 1 atom stereocenters. The van der Waals surface area contributed by atoms with Gasteiger partial charge in [-0.05, 0) is 56.0 Å². The first kappa shape index (κ1) is 36.0. The van der Waals surface area contributed by atoms with Crippen molar-refractivity contribution in [1.82, 2.24) is 24.9 Å². The first-order chi connectivity index (χ1) is 26.6. The van der Waals surface area contributed by atoms with E-state index in [1.54, 1.807) is 52.9 Å². The number of carbonyl (C=O) groups is 6. The van der Waals surface area contributed by atoms with Crippen LogP contribution in [0.2, 0.25) is 0 Å². The lowest BCUT2D eigenvalue weighted by molar-refractivity contribution is -0.136. The quantitative estimate of drug-likeness (QED) is 0.0870. The van der Waals surface area contributed by atoms with Crippen LogP contribution in [-0.2, 0) is 19.2 Å². The van der Waals surface area contributed by atoms with Crippen molar-refractivity contribution in [2.45, 2.75) is 45.1 Å². The van der Waals surface area contributed by atoms with Gasteiger partial charge in [0.1, 0.15) is 41.5 Å². The maximum absolute atomic E-state index is 13.3. The summed E-state index contributed by atoms with van der Waals surface area (Å²) in [5.74, 6) is -3.45. The molecule has 2 aliphatic rings. The molecule has 274 valence electrons. The van der Waals surface area contributed by atoms with Crippen LogP contribution in [0.1, 0.15) is 69.5 Å². The van der Waals surface area contributed by atoms with E-state index in [0.29, 0.717) is 47.2 Å². The predicted octanol–water partition coefficient (Wildman–Crippen LogP) is 3.94. The van der Waals surface area contributed by atoms with Gasteiger partial charge in [-0.15, -0.1) is 0 Å². The Hall–Kier alpha value is -7.39. The Morgan fingerprint density at radius 3 is 2.36 bits per heavy atom. The molecule has 4 heterocycles. The predicted molar refractivity (Wildman–Crippen MR) is 199 cm³/mol. The molecule has 1 fully saturated rings. The van der Waals surface area contributed by atoms with Gasteiger partial charge in [-0.2, -0.15) is 10.5 Å². The molecule has 0 aliphatic carbocycles. The lowest BCUT2D eigenvalue weighted by atomic mass is 9.95. The number of rotatable bonds is 11. The van der Waals surface area contributed by atoms with E-state index in [0.717, 1.165) is 10.5 Å². The number of benzene rings is 3. The molecule has 0 spiro atoms. The Morgan fingerprint density at radius 1 is 0.873 bits per heavy atom. The number of imide groups is 2. The molecule has 0 saturated carbocycles. The molecule has 2 aromatic heterocycles. The highest BCUT2D eigenvalue weighted by molar-refractivity contribution is 6.25. The summed E-state index contributed by atoms with van der Waals surface area (Å²) in [6, 6.07) is 22.5. The summed E-state index contributed by atoms with van der Waals surface area (Å²) in [6.45, 7) is 2.55. The molecule has 4 N–H and O–H groups in total. The largest absolute Gasteiger partial charge is 0.384 e. The number of pyridine rings is 1. The number of amides is 6. The van der Waals surface area contributed by atoms with Crippen LogP contribution < -0.4 is 21.3 Å². The van der Waals surface area contributed by atoms with Crippen molar-refractivity contribution >= 4 is 63.6 Å². The fraction of sp³-hybridized carbons (Fsp3) is 0.225. The standard InChI is InChI=1S/C40H33N9O6/c1-22-11-13-23(14-12-22)34-25(20-41)36-45-27-8-2-3-10-29(27)48(36)37(26(34)21-42)46-33(52)19-32(51)44-18-5-4-17-43-28-9-6-7-24-35(28)40(55)49(39(24)54)30-15-16-31(50)47-38(30)53/h2-3,6-14,30,43H,4-5,15-19H2,1H3,(H,44,51)(H,46,52)(H,47,50,53). The maximum Gasteiger partial charge on any atom is 0.264 e. The zero-order chi connectivity index (χ0) is 38.8. The van der Waals surface area contributed by atoms with Crippen LogP contribution in [0, 0.1) is 29.6 Å². The number of anilines is 2. The van der Waals surface area contributed by atoms with Gasteiger partial charge in [-0.3, -0.25) is 43.4 Å². The number of imidazole rings is 1. The van der Waals surface area contributed by atoms with Crippen molar-refractivity contribution in [3.05, 3.63) is 94.5 Å². The number of carbonyl (C=O) groups excluding carboxylic acids is 6. The molecule has 15 heteroatoms. The summed E-state index contributed by atoms with van der Waals surface area (Å²) in [4.78, 5) is 82.2. The molecule has 55 heavy (non-hydrogen) atoms. The van der Waals surface area contributed by atoms with Gasteiger partial charge in [-0.25, -0.2) is 4.98 Å². The molecule has 15 nitrogen and oxygen atoms in total. The molecule has 0 bridgehead atoms. The van der Waals surface area contributed by atoms with Gasteiger partial charge in [0.2, 0.25) is 23.6 Å². The third-order valence-electron chi connectivity index (χ3n) is 9.60. The Morgan fingerprint density at radius 2 is 1.62 bits per heavy atom. The molecule has 3 aromatic carbocycles. The van der Waals surface area contributed by atoms with Crippen molar-refractivity contribution < 1.29 is 28.8 Å². The second-order valence-electron chi connectivity index (χ2n) is 13.2. The van der Waals surface area contributed by atoms with Crippen molar-refractivity contribution in [2.24, 2.45) is 0 Å². The fourth-order valence-corrected chi connectivity index (χ4v) is 6.98. The van der Waals surface area contributed by atoms with Crippen LogP contribution >= 0.6 is 0 Å². The minimum absolute atomic E-state index is 0.0250. The molecule has 7 rings (SSSR count). The number of aromatic nitrogens is 2. The Balaban J connectivity index is 0.983. The molecule has 0 radical (unpaired) electrons. The maximum atomic E-state index is 13.3. The Labute approximate surface area is 313 Å². The van der Waals surface area contributed by atoms with Crippen LogP contribution in [0.15, 0.2) is 66.7 Å². The summed E-state index contributed by atoms with van der Waals surface area (Å²) in [5.41, 5.74) is 4.26. The van der Waals surface area contributed by atoms with E-state index in [9.17, 15) is 39.3 Å². The van der Waals surface area contributed by atoms with Crippen molar-refractivity contribution in [3.8, 4) is 23.3 Å². The summed E-state index contributed by atoms with van der Waals surface area (Å²) in [7, 11) is 0. The third-order valence-corrected chi connectivity index (χ3v) is 9.60. The van der Waals surface area contributed by atoms with Crippen LogP contribution in [0.4, 0.5) is 11.5 Å². The summed E-state index contributed by atoms with van der Waals surface area (Å²) < 4.78 is 1.56. The first-order valence-corrected chi connectivity index (χ1v) is 17.6. The SMILES string of the molecule is Cc1ccc(-c2c(C#N)c(NC(=O)CC(=O)NCCCCNc3cccc4c3C(=O)N(C3CCC(=O)NC3=O)C4=O)n3c(nc4ccccc43)c2C#N)cc1. The van der Waals surface area contributed by atoms with E-state index in [-0.39, 0.29) is 53.1 Å². The van der Waals surface area contributed by atoms with E-state index >= 15 is 0 Å². The molecular weight excluding hydrogens is 702 g/mol.